The van der Waals surface area contributed by atoms with Crippen molar-refractivity contribution in [2.45, 2.75) is 38.8 Å². The Morgan fingerprint density at radius 1 is 1.36 bits per heavy atom. The van der Waals surface area contributed by atoms with Crippen molar-refractivity contribution in [2.24, 2.45) is 5.92 Å². The summed E-state index contributed by atoms with van der Waals surface area (Å²) in [5.74, 6) is 2.22. The number of ether oxygens (including phenoxy) is 1. The number of nitrogens with zero attached hydrogens (tertiary/aromatic N) is 1. The Hall–Kier alpha value is -2.11. The molecule has 0 saturated heterocycles. The van der Waals surface area contributed by atoms with Gasteiger partial charge in [-0.05, 0) is 50.8 Å². The van der Waals surface area contributed by atoms with Crippen LogP contribution in [0.15, 0.2) is 34.9 Å². The van der Waals surface area contributed by atoms with E-state index >= 15 is 0 Å². The van der Waals surface area contributed by atoms with Gasteiger partial charge in [-0.3, -0.25) is 0 Å². The third-order valence-electron chi connectivity index (χ3n) is 4.43. The third kappa shape index (κ3) is 5.44. The molecule has 2 aromatic rings. The molecule has 2 N–H and O–H groups in total. The smallest absolute Gasteiger partial charge is 0.159 e. The van der Waals surface area contributed by atoms with E-state index in [1.54, 1.807) is 0 Å². The predicted octanol–water partition coefficient (Wildman–Crippen LogP) is 3.28. The highest BCUT2D eigenvalue weighted by Crippen LogP contribution is 2.32. The number of aliphatic hydroxyl groups excluding tert-OH is 1. The van der Waals surface area contributed by atoms with Gasteiger partial charge in [-0.15, -0.1) is 0 Å². The van der Waals surface area contributed by atoms with Crippen molar-refractivity contribution in [3.63, 3.8) is 0 Å². The Morgan fingerprint density at radius 3 is 2.88 bits per heavy atom. The molecule has 2 atom stereocenters. The molecule has 1 saturated carbocycles. The number of nitrogens with one attached hydrogen (secondary N) is 1. The van der Waals surface area contributed by atoms with Crippen LogP contribution in [0, 0.1) is 12.8 Å². The van der Waals surface area contributed by atoms with Gasteiger partial charge in [-0.1, -0.05) is 23.4 Å². The van der Waals surface area contributed by atoms with Gasteiger partial charge in [0.2, 0.25) is 0 Å². The van der Waals surface area contributed by atoms with Crippen LogP contribution in [0.4, 0.5) is 0 Å². The maximum Gasteiger partial charge on any atom is 0.159 e. The van der Waals surface area contributed by atoms with Crippen molar-refractivity contribution in [1.82, 2.24) is 10.5 Å². The number of hydrogen-bond acceptors (Lipinski definition) is 5. The molecule has 1 fully saturated rings. The van der Waals surface area contributed by atoms with E-state index in [1.807, 2.05) is 49.4 Å². The quantitative estimate of drug-likeness (QED) is 0.732. The lowest BCUT2D eigenvalue weighted by molar-refractivity contribution is 0.103. The Labute approximate surface area is 148 Å². The predicted molar refractivity (Wildman–Crippen MR) is 98.3 cm³/mol. The van der Waals surface area contributed by atoms with Crippen LogP contribution in [0.25, 0.3) is 12.2 Å². The minimum Gasteiger partial charge on any atom is -0.490 e. The number of aryl methyl sites for hydroxylation is 1. The van der Waals surface area contributed by atoms with Gasteiger partial charge >= 0.3 is 0 Å². The molecule has 2 unspecified atom stereocenters. The molecule has 5 nitrogen and oxygen atoms in total. The lowest BCUT2D eigenvalue weighted by Crippen LogP contribution is -2.37. The van der Waals surface area contributed by atoms with Crippen molar-refractivity contribution in [1.29, 1.82) is 0 Å². The molecule has 1 aliphatic rings. The fraction of sp³-hybridized carbons (Fsp3) is 0.450. The first-order valence-corrected chi connectivity index (χ1v) is 8.86. The van der Waals surface area contributed by atoms with Crippen molar-refractivity contribution in [3.05, 3.63) is 47.3 Å². The molecular formula is C20H26N2O3. The molecule has 5 heteroatoms. The van der Waals surface area contributed by atoms with E-state index in [2.05, 4.69) is 17.4 Å². The van der Waals surface area contributed by atoms with Crippen molar-refractivity contribution >= 4 is 12.2 Å². The van der Waals surface area contributed by atoms with Crippen LogP contribution in [-0.4, -0.2) is 35.6 Å². The van der Waals surface area contributed by atoms with Gasteiger partial charge in [0.1, 0.15) is 18.5 Å². The van der Waals surface area contributed by atoms with Crippen LogP contribution < -0.4 is 10.1 Å². The monoisotopic (exact) mass is 342 g/mol. The summed E-state index contributed by atoms with van der Waals surface area (Å²) >= 11 is 0. The first-order valence-electron chi connectivity index (χ1n) is 8.86. The first kappa shape index (κ1) is 17.7. The van der Waals surface area contributed by atoms with E-state index in [4.69, 9.17) is 9.26 Å². The third-order valence-corrected chi connectivity index (χ3v) is 4.43. The molecule has 0 radical (unpaired) electrons. The maximum absolute atomic E-state index is 10.1. The van der Waals surface area contributed by atoms with E-state index in [-0.39, 0.29) is 6.61 Å². The summed E-state index contributed by atoms with van der Waals surface area (Å²) in [4.78, 5) is 0. The van der Waals surface area contributed by atoms with Crippen LogP contribution in [-0.2, 0) is 0 Å². The fourth-order valence-electron chi connectivity index (χ4n) is 2.71. The summed E-state index contributed by atoms with van der Waals surface area (Å²) in [7, 11) is 0. The van der Waals surface area contributed by atoms with E-state index < -0.39 is 6.10 Å². The number of para-hydroxylation sites is 1. The largest absolute Gasteiger partial charge is 0.490 e. The molecule has 1 heterocycles. The summed E-state index contributed by atoms with van der Waals surface area (Å²) < 4.78 is 11.0. The van der Waals surface area contributed by atoms with E-state index in [9.17, 15) is 5.11 Å². The lowest BCUT2D eigenvalue weighted by Gasteiger charge is -2.17. The zero-order valence-electron chi connectivity index (χ0n) is 14.8. The minimum absolute atomic E-state index is 0.261. The summed E-state index contributed by atoms with van der Waals surface area (Å²) in [6, 6.07) is 10.1. The van der Waals surface area contributed by atoms with Gasteiger partial charge in [0, 0.05) is 24.2 Å². The van der Waals surface area contributed by atoms with Gasteiger partial charge < -0.3 is 19.7 Å². The highest BCUT2D eigenvalue weighted by molar-refractivity contribution is 5.70. The molecule has 1 aromatic heterocycles. The average Bonchev–Trinajstić information content (AvgIpc) is 3.39. The number of aromatic nitrogens is 1. The SMILES string of the molecule is Cc1cc(C=Cc2ccccc2OCC(O)CNC(C)C2CC2)on1. The van der Waals surface area contributed by atoms with Gasteiger partial charge in [0.15, 0.2) is 5.76 Å². The number of aliphatic hydroxyl groups is 1. The molecule has 1 aliphatic carbocycles. The molecule has 0 bridgehead atoms. The average molecular weight is 342 g/mol. The van der Waals surface area contributed by atoms with Crippen LogP contribution in [0.5, 0.6) is 5.75 Å². The molecule has 0 aliphatic heterocycles. The van der Waals surface area contributed by atoms with Crippen LogP contribution in [0.2, 0.25) is 0 Å². The number of hydrogen-bond donors (Lipinski definition) is 2. The molecule has 0 spiro atoms. The number of rotatable bonds is 9. The van der Waals surface area contributed by atoms with E-state index in [0.29, 0.717) is 18.3 Å². The molecule has 0 amide bonds. The Bertz CT molecular complexity index is 706. The maximum atomic E-state index is 10.1. The van der Waals surface area contributed by atoms with E-state index in [1.165, 1.54) is 12.8 Å². The Morgan fingerprint density at radius 2 is 2.16 bits per heavy atom. The topological polar surface area (TPSA) is 67.5 Å². The summed E-state index contributed by atoms with van der Waals surface area (Å²) in [6.45, 7) is 4.87. The molecule has 134 valence electrons. The molecule has 1 aromatic carbocycles. The van der Waals surface area contributed by atoms with Crippen LogP contribution >= 0.6 is 0 Å². The van der Waals surface area contributed by atoms with E-state index in [0.717, 1.165) is 22.9 Å². The molecule has 25 heavy (non-hydrogen) atoms. The second kappa shape index (κ2) is 8.32. The summed E-state index contributed by atoms with van der Waals surface area (Å²) in [5, 5.41) is 17.4. The zero-order valence-corrected chi connectivity index (χ0v) is 14.8. The lowest BCUT2D eigenvalue weighted by atomic mass is 10.1. The minimum atomic E-state index is -0.532. The Kier molecular flexibility index (Phi) is 5.89. The van der Waals surface area contributed by atoms with Crippen molar-refractivity contribution in [3.8, 4) is 5.75 Å². The van der Waals surface area contributed by atoms with Gasteiger partial charge in [-0.25, -0.2) is 0 Å². The van der Waals surface area contributed by atoms with Gasteiger partial charge in [0.05, 0.1) is 5.69 Å². The van der Waals surface area contributed by atoms with Crippen molar-refractivity contribution < 1.29 is 14.4 Å². The second-order valence-electron chi connectivity index (χ2n) is 6.74. The van der Waals surface area contributed by atoms with Crippen LogP contribution in [0.1, 0.15) is 36.8 Å². The van der Waals surface area contributed by atoms with Crippen LogP contribution in [0.3, 0.4) is 0 Å². The summed E-state index contributed by atoms with van der Waals surface area (Å²) in [5.41, 5.74) is 1.78. The number of benzene rings is 1. The van der Waals surface area contributed by atoms with Gasteiger partial charge in [-0.2, -0.15) is 0 Å². The molecule has 3 rings (SSSR count). The first-order chi connectivity index (χ1) is 12.1. The van der Waals surface area contributed by atoms with Crippen molar-refractivity contribution in [2.75, 3.05) is 13.2 Å². The fourth-order valence-corrected chi connectivity index (χ4v) is 2.71. The zero-order chi connectivity index (χ0) is 17.6. The normalized spacial score (nSPS) is 16.9. The highest BCUT2D eigenvalue weighted by Gasteiger charge is 2.27. The Balaban J connectivity index is 1.52. The standard InChI is InChI=1S/C20H26N2O3/c1-14-11-19(25-22-14)10-9-17-5-3-4-6-20(17)24-13-18(23)12-21-15(2)16-7-8-16/h3-6,9-11,15-16,18,21,23H,7-8,12-13H2,1-2H3. The van der Waals surface area contributed by atoms with Gasteiger partial charge in [0.25, 0.3) is 0 Å². The second-order valence-corrected chi connectivity index (χ2v) is 6.74. The summed E-state index contributed by atoms with van der Waals surface area (Å²) in [6.07, 6.45) is 5.85. The highest BCUT2D eigenvalue weighted by atomic mass is 16.5. The molecular weight excluding hydrogens is 316 g/mol.